The van der Waals surface area contributed by atoms with Gasteiger partial charge in [-0.3, -0.25) is 4.79 Å². The Balaban J connectivity index is 2.73. The molecule has 1 aromatic carbocycles. The molecular formula is C14H17FO4. The van der Waals surface area contributed by atoms with Crippen molar-refractivity contribution in [2.45, 2.75) is 26.7 Å². The van der Waals surface area contributed by atoms with E-state index < -0.39 is 11.8 Å². The van der Waals surface area contributed by atoms with Gasteiger partial charge in [0, 0.05) is 6.42 Å². The summed E-state index contributed by atoms with van der Waals surface area (Å²) in [7, 11) is 0. The Labute approximate surface area is 111 Å². The smallest absolute Gasteiger partial charge is 0.338 e. The Morgan fingerprint density at radius 2 is 1.79 bits per heavy atom. The van der Waals surface area contributed by atoms with Crippen molar-refractivity contribution in [2.24, 2.45) is 0 Å². The SMILES string of the molecule is CCOC(=O)CCc1cc(F)cc(C(=O)OCC)c1. The molecule has 0 saturated heterocycles. The summed E-state index contributed by atoms with van der Waals surface area (Å²) in [6.07, 6.45) is 0.475. The van der Waals surface area contributed by atoms with Gasteiger partial charge in [-0.1, -0.05) is 0 Å². The fourth-order valence-corrected chi connectivity index (χ4v) is 1.61. The standard InChI is InChI=1S/C14H17FO4/c1-3-18-13(16)6-5-10-7-11(9-12(15)8-10)14(17)19-4-2/h7-9H,3-6H2,1-2H3. The van der Waals surface area contributed by atoms with Crippen LogP contribution in [0.15, 0.2) is 18.2 Å². The summed E-state index contributed by atoms with van der Waals surface area (Å²) >= 11 is 0. The summed E-state index contributed by atoms with van der Waals surface area (Å²) in [6.45, 7) is 3.95. The molecule has 0 aromatic heterocycles. The Bertz CT molecular complexity index is 457. The maximum atomic E-state index is 13.4. The number of hydrogen-bond acceptors (Lipinski definition) is 4. The molecule has 0 heterocycles. The number of carbonyl (C=O) groups excluding carboxylic acids is 2. The normalized spacial score (nSPS) is 10.1. The molecule has 104 valence electrons. The number of benzene rings is 1. The van der Waals surface area contributed by atoms with E-state index in [1.54, 1.807) is 13.8 Å². The summed E-state index contributed by atoms with van der Waals surface area (Å²) in [5.74, 6) is -1.44. The van der Waals surface area contributed by atoms with Crippen molar-refractivity contribution in [3.05, 3.63) is 35.1 Å². The van der Waals surface area contributed by atoms with Crippen molar-refractivity contribution in [3.8, 4) is 0 Å². The van der Waals surface area contributed by atoms with Gasteiger partial charge in [-0.2, -0.15) is 0 Å². The molecular weight excluding hydrogens is 251 g/mol. The van der Waals surface area contributed by atoms with Crippen LogP contribution in [-0.2, 0) is 20.7 Å². The predicted molar refractivity (Wildman–Crippen MR) is 67.3 cm³/mol. The summed E-state index contributed by atoms with van der Waals surface area (Å²) in [5, 5.41) is 0. The van der Waals surface area contributed by atoms with Gasteiger partial charge in [-0.25, -0.2) is 9.18 Å². The summed E-state index contributed by atoms with van der Waals surface area (Å²) < 4.78 is 23.0. The Kier molecular flexibility index (Phi) is 5.99. The number of hydrogen-bond donors (Lipinski definition) is 0. The molecule has 0 bridgehead atoms. The topological polar surface area (TPSA) is 52.6 Å². The zero-order valence-electron chi connectivity index (χ0n) is 11.1. The van der Waals surface area contributed by atoms with E-state index in [4.69, 9.17) is 9.47 Å². The second-order valence-corrected chi connectivity index (χ2v) is 3.87. The van der Waals surface area contributed by atoms with Crippen LogP contribution < -0.4 is 0 Å². The van der Waals surface area contributed by atoms with Crippen LogP contribution in [0.1, 0.15) is 36.2 Å². The molecule has 5 heteroatoms. The van der Waals surface area contributed by atoms with E-state index >= 15 is 0 Å². The zero-order chi connectivity index (χ0) is 14.3. The molecule has 0 unspecified atom stereocenters. The fraction of sp³-hybridized carbons (Fsp3) is 0.429. The van der Waals surface area contributed by atoms with Crippen LogP contribution in [0, 0.1) is 5.82 Å². The third-order valence-electron chi connectivity index (χ3n) is 2.39. The first-order valence-electron chi connectivity index (χ1n) is 6.19. The van der Waals surface area contributed by atoms with Gasteiger partial charge in [0.1, 0.15) is 5.82 Å². The number of aryl methyl sites for hydroxylation is 1. The van der Waals surface area contributed by atoms with Crippen LogP contribution in [-0.4, -0.2) is 25.2 Å². The number of rotatable bonds is 6. The highest BCUT2D eigenvalue weighted by Crippen LogP contribution is 2.13. The zero-order valence-corrected chi connectivity index (χ0v) is 11.1. The molecule has 19 heavy (non-hydrogen) atoms. The van der Waals surface area contributed by atoms with Crippen molar-refractivity contribution in [3.63, 3.8) is 0 Å². The quantitative estimate of drug-likeness (QED) is 0.744. The lowest BCUT2D eigenvalue weighted by Gasteiger charge is -2.06. The highest BCUT2D eigenvalue weighted by atomic mass is 19.1. The largest absolute Gasteiger partial charge is 0.466 e. The fourth-order valence-electron chi connectivity index (χ4n) is 1.61. The van der Waals surface area contributed by atoms with E-state index in [0.29, 0.717) is 18.6 Å². The third kappa shape index (κ3) is 5.07. The van der Waals surface area contributed by atoms with Gasteiger partial charge in [0.15, 0.2) is 0 Å². The molecule has 0 aliphatic rings. The van der Waals surface area contributed by atoms with E-state index in [-0.39, 0.29) is 24.6 Å². The average molecular weight is 268 g/mol. The molecule has 0 fully saturated rings. The van der Waals surface area contributed by atoms with Crippen LogP contribution in [0.25, 0.3) is 0 Å². The molecule has 4 nitrogen and oxygen atoms in total. The maximum absolute atomic E-state index is 13.4. The second-order valence-electron chi connectivity index (χ2n) is 3.87. The first-order valence-corrected chi connectivity index (χ1v) is 6.19. The molecule has 0 spiro atoms. The van der Waals surface area contributed by atoms with E-state index in [0.717, 1.165) is 6.07 Å². The molecule has 0 N–H and O–H groups in total. The number of carbonyl (C=O) groups is 2. The predicted octanol–water partition coefficient (Wildman–Crippen LogP) is 2.50. The third-order valence-corrected chi connectivity index (χ3v) is 2.39. The molecule has 0 aliphatic heterocycles. The monoisotopic (exact) mass is 268 g/mol. The number of esters is 2. The molecule has 0 aliphatic carbocycles. The van der Waals surface area contributed by atoms with Crippen molar-refractivity contribution in [2.75, 3.05) is 13.2 Å². The van der Waals surface area contributed by atoms with Gasteiger partial charge in [0.05, 0.1) is 18.8 Å². The van der Waals surface area contributed by atoms with Crippen molar-refractivity contribution < 1.29 is 23.5 Å². The highest BCUT2D eigenvalue weighted by molar-refractivity contribution is 5.89. The second kappa shape index (κ2) is 7.51. The maximum Gasteiger partial charge on any atom is 0.338 e. The highest BCUT2D eigenvalue weighted by Gasteiger charge is 2.11. The molecule has 0 radical (unpaired) electrons. The van der Waals surface area contributed by atoms with Crippen molar-refractivity contribution in [1.82, 2.24) is 0 Å². The van der Waals surface area contributed by atoms with Crippen LogP contribution in [0.4, 0.5) is 4.39 Å². The van der Waals surface area contributed by atoms with Crippen LogP contribution in [0.3, 0.4) is 0 Å². The van der Waals surface area contributed by atoms with Gasteiger partial charge < -0.3 is 9.47 Å². The van der Waals surface area contributed by atoms with Gasteiger partial charge in [0.25, 0.3) is 0 Å². The lowest BCUT2D eigenvalue weighted by atomic mass is 10.1. The first-order chi connectivity index (χ1) is 9.06. The van der Waals surface area contributed by atoms with Crippen molar-refractivity contribution in [1.29, 1.82) is 0 Å². The lowest BCUT2D eigenvalue weighted by molar-refractivity contribution is -0.143. The average Bonchev–Trinajstić information content (AvgIpc) is 2.36. The summed E-state index contributed by atoms with van der Waals surface area (Å²) in [6, 6.07) is 3.94. The summed E-state index contributed by atoms with van der Waals surface area (Å²) in [5.41, 5.74) is 0.719. The minimum Gasteiger partial charge on any atom is -0.466 e. The van der Waals surface area contributed by atoms with Crippen LogP contribution >= 0.6 is 0 Å². The Morgan fingerprint density at radius 3 is 2.42 bits per heavy atom. The molecule has 1 aromatic rings. The van der Waals surface area contributed by atoms with E-state index in [2.05, 4.69) is 0 Å². The van der Waals surface area contributed by atoms with Gasteiger partial charge in [-0.15, -0.1) is 0 Å². The molecule has 0 atom stereocenters. The number of halogens is 1. The molecule has 1 rings (SSSR count). The van der Waals surface area contributed by atoms with E-state index in [1.807, 2.05) is 0 Å². The first kappa shape index (κ1) is 15.1. The van der Waals surface area contributed by atoms with Gasteiger partial charge in [0.2, 0.25) is 0 Å². The minimum atomic E-state index is -0.570. The number of ether oxygens (including phenoxy) is 2. The molecule has 0 saturated carbocycles. The van der Waals surface area contributed by atoms with Gasteiger partial charge >= 0.3 is 11.9 Å². The Morgan fingerprint density at radius 1 is 1.11 bits per heavy atom. The Hall–Kier alpha value is -1.91. The van der Waals surface area contributed by atoms with Crippen LogP contribution in [0.2, 0.25) is 0 Å². The molecule has 0 amide bonds. The van der Waals surface area contributed by atoms with Crippen LogP contribution in [0.5, 0.6) is 0 Å². The van der Waals surface area contributed by atoms with E-state index in [9.17, 15) is 14.0 Å². The van der Waals surface area contributed by atoms with Crippen molar-refractivity contribution >= 4 is 11.9 Å². The summed E-state index contributed by atoms with van der Waals surface area (Å²) in [4.78, 5) is 22.7. The van der Waals surface area contributed by atoms with E-state index in [1.165, 1.54) is 12.1 Å². The lowest BCUT2D eigenvalue weighted by Crippen LogP contribution is -2.08. The minimum absolute atomic E-state index is 0.152. The van der Waals surface area contributed by atoms with Gasteiger partial charge in [-0.05, 0) is 44.0 Å².